The molecule has 0 saturated carbocycles. The largest absolute Gasteiger partial charge is 0.360 e. The lowest BCUT2D eigenvalue weighted by Gasteiger charge is -1.98. The van der Waals surface area contributed by atoms with E-state index < -0.39 is 0 Å². The first-order valence-electron chi connectivity index (χ1n) is 3.93. The van der Waals surface area contributed by atoms with Gasteiger partial charge in [-0.1, -0.05) is 31.1 Å². The second-order valence-electron chi connectivity index (χ2n) is 2.38. The third-order valence-corrected chi connectivity index (χ3v) is 2.07. The zero-order valence-corrected chi connectivity index (χ0v) is 7.52. The molecule has 0 fully saturated rings. The molecule has 0 atom stereocenters. The second-order valence-corrected chi connectivity index (χ2v) is 3.21. The van der Waals surface area contributed by atoms with Crippen molar-refractivity contribution >= 4 is 16.5 Å². The summed E-state index contributed by atoms with van der Waals surface area (Å²) in [5.41, 5.74) is 1.74. The molecule has 0 spiro atoms. The maximum absolute atomic E-state index is 3.87. The molecule has 0 saturated heterocycles. The summed E-state index contributed by atoms with van der Waals surface area (Å²) in [6.07, 6.45) is 3.76. The van der Waals surface area contributed by atoms with E-state index in [0.717, 1.165) is 11.7 Å². The molecule has 1 N–H and O–H groups in total. The van der Waals surface area contributed by atoms with Crippen LogP contribution < -0.4 is 5.32 Å². The Morgan fingerprint density at radius 1 is 1.64 bits per heavy atom. The van der Waals surface area contributed by atoms with Crippen LogP contribution >= 0.6 is 11.3 Å². The average Bonchev–Trinajstić information content (AvgIpc) is 2.50. The highest BCUT2D eigenvalue weighted by Crippen LogP contribution is 2.07. The Morgan fingerprint density at radius 2 is 2.55 bits per heavy atom. The summed E-state index contributed by atoms with van der Waals surface area (Å²) in [5.74, 6) is 0. The maximum Gasteiger partial charge on any atom is 0.205 e. The number of anilines is 1. The molecule has 0 aromatic carbocycles. The number of unbranched alkanes of at least 4 members (excludes halogenated alkanes) is 2. The van der Waals surface area contributed by atoms with Gasteiger partial charge < -0.3 is 5.32 Å². The van der Waals surface area contributed by atoms with Gasteiger partial charge in [-0.2, -0.15) is 0 Å². The first kappa shape index (κ1) is 8.46. The highest BCUT2D eigenvalue weighted by atomic mass is 32.1. The molecule has 3 nitrogen and oxygen atoms in total. The summed E-state index contributed by atoms with van der Waals surface area (Å²) >= 11 is 1.55. The van der Waals surface area contributed by atoms with Crippen molar-refractivity contribution in [1.82, 2.24) is 10.2 Å². The molecule has 1 aromatic heterocycles. The van der Waals surface area contributed by atoms with Gasteiger partial charge in [-0.3, -0.25) is 0 Å². The van der Waals surface area contributed by atoms with E-state index in [9.17, 15) is 0 Å². The average molecular weight is 173 g/mol. The molecule has 0 unspecified atom stereocenters. The monoisotopic (exact) mass is 173 g/mol. The SMILES string of the molecule is CCCCCNc1nncs1.[HH]. The minimum atomic E-state index is 0. The van der Waals surface area contributed by atoms with Crippen LogP contribution in [0, 0.1) is 0 Å². The number of nitrogens with zero attached hydrogens (tertiary/aromatic N) is 2. The first-order chi connectivity index (χ1) is 5.43. The standard InChI is InChI=1S/C7H13N3S.H2/c1-2-3-4-5-8-7-10-9-6-11-7;/h6H,2-5H2,1H3,(H,8,10);1H. The van der Waals surface area contributed by atoms with Crippen LogP contribution in [-0.2, 0) is 0 Å². The highest BCUT2D eigenvalue weighted by Gasteiger charge is 1.92. The number of hydrogen-bond acceptors (Lipinski definition) is 4. The van der Waals surface area contributed by atoms with Gasteiger partial charge >= 0.3 is 0 Å². The van der Waals surface area contributed by atoms with Gasteiger partial charge in [0, 0.05) is 7.97 Å². The number of nitrogens with one attached hydrogen (secondary N) is 1. The van der Waals surface area contributed by atoms with Crippen molar-refractivity contribution in [2.45, 2.75) is 26.2 Å². The fourth-order valence-corrected chi connectivity index (χ4v) is 1.29. The van der Waals surface area contributed by atoms with E-state index in [1.54, 1.807) is 16.8 Å². The topological polar surface area (TPSA) is 37.8 Å². The van der Waals surface area contributed by atoms with Crippen molar-refractivity contribution in [3.8, 4) is 0 Å². The number of rotatable bonds is 5. The Morgan fingerprint density at radius 3 is 3.18 bits per heavy atom. The van der Waals surface area contributed by atoms with Crippen LogP contribution in [0.2, 0.25) is 0 Å². The van der Waals surface area contributed by atoms with Crippen LogP contribution in [-0.4, -0.2) is 16.7 Å². The highest BCUT2D eigenvalue weighted by molar-refractivity contribution is 7.13. The van der Waals surface area contributed by atoms with Crippen LogP contribution in [0.4, 0.5) is 5.13 Å². The Balaban J connectivity index is 0.00000121. The van der Waals surface area contributed by atoms with Crippen molar-refractivity contribution < 1.29 is 1.43 Å². The lowest BCUT2D eigenvalue weighted by molar-refractivity contribution is 0.742. The van der Waals surface area contributed by atoms with Gasteiger partial charge in [-0.15, -0.1) is 10.2 Å². The quantitative estimate of drug-likeness (QED) is 0.695. The predicted molar refractivity (Wildman–Crippen MR) is 50.0 cm³/mol. The fourth-order valence-electron chi connectivity index (χ4n) is 0.820. The van der Waals surface area contributed by atoms with Gasteiger partial charge in [0.05, 0.1) is 0 Å². The zero-order chi connectivity index (χ0) is 7.94. The Bertz CT molecular complexity index is 179. The number of hydrogen-bond donors (Lipinski definition) is 1. The molecular formula is C7H15N3S. The molecule has 1 heterocycles. The maximum atomic E-state index is 3.87. The number of aromatic nitrogens is 2. The van der Waals surface area contributed by atoms with Crippen molar-refractivity contribution in [3.05, 3.63) is 5.51 Å². The third kappa shape index (κ3) is 3.32. The predicted octanol–water partition coefficient (Wildman–Crippen LogP) is 2.39. The summed E-state index contributed by atoms with van der Waals surface area (Å²) in [6, 6.07) is 0. The van der Waals surface area contributed by atoms with Crippen LogP contribution in [0.25, 0.3) is 0 Å². The molecule has 0 bridgehead atoms. The molecule has 0 aliphatic heterocycles. The van der Waals surface area contributed by atoms with Gasteiger partial charge in [-0.25, -0.2) is 0 Å². The Kier molecular flexibility index (Phi) is 3.90. The van der Waals surface area contributed by atoms with Gasteiger partial charge in [-0.05, 0) is 6.42 Å². The molecule has 0 radical (unpaired) electrons. The normalized spacial score (nSPS) is 9.91. The van der Waals surface area contributed by atoms with Gasteiger partial charge in [0.25, 0.3) is 0 Å². The van der Waals surface area contributed by atoms with E-state index in [4.69, 9.17) is 0 Å². The minimum absolute atomic E-state index is 0. The molecule has 0 aliphatic rings. The molecule has 0 amide bonds. The summed E-state index contributed by atoms with van der Waals surface area (Å²) in [5, 5.41) is 11.7. The molecule has 64 valence electrons. The van der Waals surface area contributed by atoms with Crippen molar-refractivity contribution in [2.75, 3.05) is 11.9 Å². The van der Waals surface area contributed by atoms with Crippen LogP contribution in [0.5, 0.6) is 0 Å². The molecule has 1 rings (SSSR count). The lowest BCUT2D eigenvalue weighted by atomic mass is 10.2. The molecular weight excluding hydrogens is 158 g/mol. The third-order valence-electron chi connectivity index (χ3n) is 1.42. The Hall–Kier alpha value is -0.640. The molecule has 0 aliphatic carbocycles. The van der Waals surface area contributed by atoms with Crippen molar-refractivity contribution in [2.24, 2.45) is 0 Å². The Labute approximate surface area is 72.3 Å². The van der Waals surface area contributed by atoms with Gasteiger partial charge in [0.15, 0.2) is 0 Å². The van der Waals surface area contributed by atoms with Crippen LogP contribution in [0.3, 0.4) is 0 Å². The van der Waals surface area contributed by atoms with Crippen molar-refractivity contribution in [3.63, 3.8) is 0 Å². The lowest BCUT2D eigenvalue weighted by Crippen LogP contribution is -2.00. The summed E-state index contributed by atoms with van der Waals surface area (Å²) in [4.78, 5) is 0. The van der Waals surface area contributed by atoms with Crippen LogP contribution in [0.1, 0.15) is 27.6 Å². The molecule has 4 heteroatoms. The van der Waals surface area contributed by atoms with Gasteiger partial charge in [0.2, 0.25) is 5.13 Å². The fraction of sp³-hybridized carbons (Fsp3) is 0.714. The van der Waals surface area contributed by atoms with Gasteiger partial charge in [0.1, 0.15) is 5.51 Å². The zero-order valence-electron chi connectivity index (χ0n) is 6.71. The molecule has 1 aromatic rings. The van der Waals surface area contributed by atoms with Crippen molar-refractivity contribution in [1.29, 1.82) is 0 Å². The summed E-state index contributed by atoms with van der Waals surface area (Å²) < 4.78 is 0. The van der Waals surface area contributed by atoms with E-state index >= 15 is 0 Å². The van der Waals surface area contributed by atoms with Crippen LogP contribution in [0.15, 0.2) is 5.51 Å². The van der Waals surface area contributed by atoms with E-state index in [-0.39, 0.29) is 1.43 Å². The minimum Gasteiger partial charge on any atom is -0.360 e. The summed E-state index contributed by atoms with van der Waals surface area (Å²) in [6.45, 7) is 3.22. The second kappa shape index (κ2) is 5.07. The summed E-state index contributed by atoms with van der Waals surface area (Å²) in [7, 11) is 0. The van der Waals surface area contributed by atoms with E-state index in [1.807, 2.05) is 0 Å². The van der Waals surface area contributed by atoms with E-state index in [1.165, 1.54) is 19.3 Å². The first-order valence-corrected chi connectivity index (χ1v) is 4.81. The van der Waals surface area contributed by atoms with E-state index in [0.29, 0.717) is 0 Å². The smallest absolute Gasteiger partial charge is 0.205 e. The molecule has 11 heavy (non-hydrogen) atoms. The van der Waals surface area contributed by atoms with E-state index in [2.05, 4.69) is 22.4 Å².